The molecule has 0 saturated carbocycles. The van der Waals surface area contributed by atoms with E-state index in [2.05, 4.69) is 9.88 Å². The maximum absolute atomic E-state index is 12.3. The molecule has 0 unspecified atom stereocenters. The van der Waals surface area contributed by atoms with Crippen molar-refractivity contribution >= 4 is 17.3 Å². The average molecular weight is 366 g/mol. The summed E-state index contributed by atoms with van der Waals surface area (Å²) in [6.07, 6.45) is 4.54. The predicted molar refractivity (Wildman–Crippen MR) is 106 cm³/mol. The predicted octanol–water partition coefficient (Wildman–Crippen LogP) is 2.10. The normalized spacial score (nSPS) is 20.1. The van der Waals surface area contributed by atoms with Crippen molar-refractivity contribution in [2.45, 2.75) is 24.9 Å². The summed E-state index contributed by atoms with van der Waals surface area (Å²) in [7, 11) is 0. The van der Waals surface area contributed by atoms with Gasteiger partial charge in [0.25, 0.3) is 5.91 Å². The number of hydrogen-bond acceptors (Lipinski definition) is 5. The Balaban J connectivity index is 1.34. The maximum Gasteiger partial charge on any atom is 0.253 e. The number of nitrogens with zero attached hydrogens (tertiary/aromatic N) is 3. The molecule has 1 aromatic carbocycles. The zero-order valence-corrected chi connectivity index (χ0v) is 15.5. The minimum atomic E-state index is -0.227. The average Bonchev–Trinajstić information content (AvgIpc) is 2.70. The summed E-state index contributed by atoms with van der Waals surface area (Å²) in [6, 6.07) is 13.6. The number of amides is 1. The molecule has 1 aromatic heterocycles. The van der Waals surface area contributed by atoms with Gasteiger partial charge in [0.1, 0.15) is 6.61 Å². The fourth-order valence-electron chi connectivity index (χ4n) is 3.95. The van der Waals surface area contributed by atoms with E-state index in [1.54, 1.807) is 6.20 Å². The van der Waals surface area contributed by atoms with Crippen LogP contribution in [-0.2, 0) is 16.0 Å². The Morgan fingerprint density at radius 3 is 2.67 bits per heavy atom. The molecule has 2 aliphatic rings. The molecule has 6 nitrogen and oxygen atoms in total. The van der Waals surface area contributed by atoms with E-state index >= 15 is 0 Å². The number of para-hydroxylation sites is 1. The molecule has 2 aromatic rings. The first-order valence-electron chi connectivity index (χ1n) is 9.56. The van der Waals surface area contributed by atoms with E-state index in [4.69, 9.17) is 10.5 Å². The van der Waals surface area contributed by atoms with E-state index in [1.165, 1.54) is 0 Å². The van der Waals surface area contributed by atoms with Gasteiger partial charge >= 0.3 is 0 Å². The van der Waals surface area contributed by atoms with Gasteiger partial charge in [-0.1, -0.05) is 18.2 Å². The summed E-state index contributed by atoms with van der Waals surface area (Å²) < 4.78 is 6.05. The van der Waals surface area contributed by atoms with Gasteiger partial charge in [0, 0.05) is 49.3 Å². The molecule has 2 saturated heterocycles. The molecular weight excluding hydrogens is 340 g/mol. The van der Waals surface area contributed by atoms with Crippen molar-refractivity contribution < 1.29 is 9.53 Å². The summed E-state index contributed by atoms with van der Waals surface area (Å²) in [4.78, 5) is 21.1. The van der Waals surface area contributed by atoms with Crippen LogP contribution in [0.3, 0.4) is 0 Å². The SMILES string of the molecule is Nc1ccnc(CCN2CCC3(CC2)CN(c2ccccc2)C(=O)CO3)c1. The van der Waals surface area contributed by atoms with Crippen LogP contribution in [0.15, 0.2) is 48.7 Å². The van der Waals surface area contributed by atoms with Gasteiger partial charge in [-0.2, -0.15) is 0 Å². The number of likely N-dealkylation sites (tertiary alicyclic amines) is 1. The number of carbonyl (C=O) groups excluding carboxylic acids is 1. The molecule has 3 heterocycles. The van der Waals surface area contributed by atoms with Crippen LogP contribution in [-0.4, -0.2) is 54.2 Å². The van der Waals surface area contributed by atoms with Crippen LogP contribution in [0.25, 0.3) is 0 Å². The highest BCUT2D eigenvalue weighted by molar-refractivity contribution is 5.95. The number of nitrogens with two attached hydrogens (primary N) is 1. The van der Waals surface area contributed by atoms with Crippen LogP contribution >= 0.6 is 0 Å². The Morgan fingerprint density at radius 1 is 1.15 bits per heavy atom. The number of rotatable bonds is 4. The number of anilines is 2. The zero-order chi connectivity index (χ0) is 18.7. The minimum absolute atomic E-state index is 0.0435. The molecule has 4 rings (SSSR count). The standard InChI is InChI=1S/C21H26N4O2/c22-17-6-10-23-18(14-17)7-11-24-12-8-21(9-13-24)16-25(20(26)15-27-21)19-4-2-1-3-5-19/h1-6,10,14H,7-9,11-13,15-16H2,(H2,22,23). The van der Waals surface area contributed by atoms with Crippen LogP contribution in [0.4, 0.5) is 11.4 Å². The molecule has 0 atom stereocenters. The first-order chi connectivity index (χ1) is 13.1. The van der Waals surface area contributed by atoms with Gasteiger partial charge in [-0.15, -0.1) is 0 Å². The van der Waals surface area contributed by atoms with Crippen LogP contribution in [0.5, 0.6) is 0 Å². The largest absolute Gasteiger partial charge is 0.399 e. The maximum atomic E-state index is 12.3. The third-order valence-electron chi connectivity index (χ3n) is 5.61. The van der Waals surface area contributed by atoms with E-state index in [0.717, 1.165) is 56.0 Å². The quantitative estimate of drug-likeness (QED) is 0.897. The van der Waals surface area contributed by atoms with Gasteiger partial charge in [0.2, 0.25) is 0 Å². The monoisotopic (exact) mass is 366 g/mol. The molecule has 27 heavy (non-hydrogen) atoms. The lowest BCUT2D eigenvalue weighted by Crippen LogP contribution is -2.59. The van der Waals surface area contributed by atoms with Gasteiger partial charge in [0.05, 0.1) is 12.1 Å². The molecule has 2 N–H and O–H groups in total. The fourth-order valence-corrected chi connectivity index (χ4v) is 3.95. The van der Waals surface area contributed by atoms with Crippen molar-refractivity contribution in [1.29, 1.82) is 0 Å². The van der Waals surface area contributed by atoms with Crippen molar-refractivity contribution in [3.05, 3.63) is 54.4 Å². The summed E-state index contributed by atoms with van der Waals surface area (Å²) in [5.41, 5.74) is 8.36. The number of ether oxygens (including phenoxy) is 1. The molecule has 142 valence electrons. The van der Waals surface area contributed by atoms with E-state index < -0.39 is 0 Å². The highest BCUT2D eigenvalue weighted by Gasteiger charge is 2.42. The van der Waals surface area contributed by atoms with Crippen LogP contribution in [0.1, 0.15) is 18.5 Å². The Kier molecular flexibility index (Phi) is 5.09. The number of carbonyl (C=O) groups is 1. The second kappa shape index (κ2) is 7.66. The van der Waals surface area contributed by atoms with Crippen LogP contribution in [0.2, 0.25) is 0 Å². The van der Waals surface area contributed by atoms with Crippen LogP contribution in [0, 0.1) is 0 Å². The van der Waals surface area contributed by atoms with Gasteiger partial charge in [-0.05, 0) is 37.1 Å². The lowest BCUT2D eigenvalue weighted by molar-refractivity contribution is -0.144. The van der Waals surface area contributed by atoms with Crippen molar-refractivity contribution in [2.75, 3.05) is 43.4 Å². The molecule has 1 spiro atoms. The molecule has 0 aliphatic carbocycles. The van der Waals surface area contributed by atoms with Crippen molar-refractivity contribution in [3.63, 3.8) is 0 Å². The molecule has 0 bridgehead atoms. The summed E-state index contributed by atoms with van der Waals surface area (Å²) >= 11 is 0. The zero-order valence-electron chi connectivity index (χ0n) is 15.5. The van der Waals surface area contributed by atoms with Gasteiger partial charge in [-0.3, -0.25) is 9.78 Å². The third-order valence-corrected chi connectivity index (χ3v) is 5.61. The molecular formula is C21H26N4O2. The number of hydrogen-bond donors (Lipinski definition) is 1. The fraction of sp³-hybridized carbons (Fsp3) is 0.429. The highest BCUT2D eigenvalue weighted by Crippen LogP contribution is 2.32. The van der Waals surface area contributed by atoms with Crippen molar-refractivity contribution in [3.8, 4) is 0 Å². The van der Waals surface area contributed by atoms with E-state index in [-0.39, 0.29) is 18.1 Å². The first-order valence-corrected chi connectivity index (χ1v) is 9.56. The van der Waals surface area contributed by atoms with Crippen LogP contribution < -0.4 is 10.6 Å². The third kappa shape index (κ3) is 4.12. The molecule has 6 heteroatoms. The van der Waals surface area contributed by atoms with E-state index in [0.29, 0.717) is 6.54 Å². The smallest absolute Gasteiger partial charge is 0.253 e. The first kappa shape index (κ1) is 17.9. The highest BCUT2D eigenvalue weighted by atomic mass is 16.5. The molecule has 2 fully saturated rings. The Bertz CT molecular complexity index is 788. The number of morpholine rings is 1. The van der Waals surface area contributed by atoms with E-state index in [9.17, 15) is 4.79 Å². The topological polar surface area (TPSA) is 71.7 Å². The summed E-state index contributed by atoms with van der Waals surface area (Å²) in [5.74, 6) is 0.0435. The van der Waals surface area contributed by atoms with Gasteiger partial charge in [-0.25, -0.2) is 0 Å². The van der Waals surface area contributed by atoms with Gasteiger partial charge < -0.3 is 20.3 Å². The second-order valence-corrected chi connectivity index (χ2v) is 7.46. The summed E-state index contributed by atoms with van der Waals surface area (Å²) in [6.45, 7) is 3.72. The number of aromatic nitrogens is 1. The van der Waals surface area contributed by atoms with Crippen molar-refractivity contribution in [1.82, 2.24) is 9.88 Å². The number of nitrogen functional groups attached to an aromatic ring is 1. The number of piperidine rings is 1. The molecule has 0 radical (unpaired) electrons. The Hall–Kier alpha value is -2.44. The van der Waals surface area contributed by atoms with E-state index in [1.807, 2.05) is 47.4 Å². The summed E-state index contributed by atoms with van der Waals surface area (Å²) in [5, 5.41) is 0. The lowest BCUT2D eigenvalue weighted by Gasteiger charge is -2.47. The van der Waals surface area contributed by atoms with Gasteiger partial charge in [0.15, 0.2) is 0 Å². The Morgan fingerprint density at radius 2 is 1.93 bits per heavy atom. The van der Waals surface area contributed by atoms with Crippen molar-refractivity contribution in [2.24, 2.45) is 0 Å². The minimum Gasteiger partial charge on any atom is -0.399 e. The number of pyridine rings is 1. The lowest BCUT2D eigenvalue weighted by atomic mass is 9.89. The molecule has 1 amide bonds. The molecule has 2 aliphatic heterocycles. The number of benzene rings is 1. The second-order valence-electron chi connectivity index (χ2n) is 7.46. The Labute approximate surface area is 159 Å².